The summed E-state index contributed by atoms with van der Waals surface area (Å²) >= 11 is 0. The van der Waals surface area contributed by atoms with Crippen LogP contribution in [0.15, 0.2) is 0 Å². The van der Waals surface area contributed by atoms with Gasteiger partial charge >= 0.3 is 0 Å². The van der Waals surface area contributed by atoms with Crippen molar-refractivity contribution in [3.8, 4) is 0 Å². The van der Waals surface area contributed by atoms with E-state index in [0.29, 0.717) is 44.4 Å². The SMILES string of the molecule is CCN(CCCO)S(=O)(=O)N1CC(C)CC(C)C1. The van der Waals surface area contributed by atoms with Crippen LogP contribution in [0.25, 0.3) is 0 Å². The van der Waals surface area contributed by atoms with Gasteiger partial charge in [0.25, 0.3) is 10.2 Å². The highest BCUT2D eigenvalue weighted by atomic mass is 32.2. The number of nitrogens with zero attached hydrogens (tertiary/aromatic N) is 2. The molecule has 0 saturated carbocycles. The van der Waals surface area contributed by atoms with Crippen molar-refractivity contribution in [2.24, 2.45) is 11.8 Å². The van der Waals surface area contributed by atoms with Crippen molar-refractivity contribution in [2.45, 2.75) is 33.6 Å². The second-order valence-corrected chi connectivity index (χ2v) is 7.27. The zero-order valence-electron chi connectivity index (χ0n) is 11.7. The largest absolute Gasteiger partial charge is 0.396 e. The third kappa shape index (κ3) is 3.91. The fourth-order valence-electron chi connectivity index (χ4n) is 2.64. The third-order valence-electron chi connectivity index (χ3n) is 3.41. The topological polar surface area (TPSA) is 60.9 Å². The lowest BCUT2D eigenvalue weighted by atomic mass is 9.94. The molecular formula is C12H26N2O3S. The average molecular weight is 278 g/mol. The zero-order chi connectivity index (χ0) is 13.8. The molecule has 0 bridgehead atoms. The molecule has 2 atom stereocenters. The molecule has 0 aromatic rings. The summed E-state index contributed by atoms with van der Waals surface area (Å²) in [5.41, 5.74) is 0. The molecule has 5 nitrogen and oxygen atoms in total. The van der Waals surface area contributed by atoms with Gasteiger partial charge in [-0.15, -0.1) is 0 Å². The van der Waals surface area contributed by atoms with Gasteiger partial charge in [0.1, 0.15) is 0 Å². The molecule has 1 N–H and O–H groups in total. The van der Waals surface area contributed by atoms with Gasteiger partial charge < -0.3 is 5.11 Å². The van der Waals surface area contributed by atoms with Crippen molar-refractivity contribution in [2.75, 3.05) is 32.8 Å². The number of piperidine rings is 1. The van der Waals surface area contributed by atoms with E-state index in [4.69, 9.17) is 5.11 Å². The van der Waals surface area contributed by atoms with Crippen LogP contribution in [-0.4, -0.2) is 54.9 Å². The molecule has 0 spiro atoms. The van der Waals surface area contributed by atoms with E-state index in [9.17, 15) is 8.42 Å². The first-order valence-electron chi connectivity index (χ1n) is 6.77. The summed E-state index contributed by atoms with van der Waals surface area (Å²) in [7, 11) is -3.36. The summed E-state index contributed by atoms with van der Waals surface area (Å²) in [6.45, 7) is 8.15. The molecule has 18 heavy (non-hydrogen) atoms. The molecule has 0 radical (unpaired) electrons. The lowest BCUT2D eigenvalue weighted by molar-refractivity contribution is 0.206. The molecule has 1 heterocycles. The summed E-state index contributed by atoms with van der Waals surface area (Å²) in [5, 5.41) is 8.84. The Morgan fingerprint density at radius 3 is 2.28 bits per heavy atom. The van der Waals surface area contributed by atoms with Gasteiger partial charge in [0.2, 0.25) is 0 Å². The van der Waals surface area contributed by atoms with E-state index in [2.05, 4.69) is 13.8 Å². The Bertz CT molecular complexity index is 335. The van der Waals surface area contributed by atoms with Crippen LogP contribution in [0.3, 0.4) is 0 Å². The van der Waals surface area contributed by atoms with Gasteiger partial charge in [-0.25, -0.2) is 0 Å². The van der Waals surface area contributed by atoms with Gasteiger partial charge in [0.05, 0.1) is 0 Å². The van der Waals surface area contributed by atoms with Crippen molar-refractivity contribution < 1.29 is 13.5 Å². The van der Waals surface area contributed by atoms with Crippen LogP contribution in [0.2, 0.25) is 0 Å². The fourth-order valence-corrected chi connectivity index (χ4v) is 4.54. The number of aliphatic hydroxyl groups excluding tert-OH is 1. The van der Waals surface area contributed by atoms with Crippen LogP contribution >= 0.6 is 0 Å². The maximum atomic E-state index is 12.5. The highest BCUT2D eigenvalue weighted by Crippen LogP contribution is 2.24. The fraction of sp³-hybridized carbons (Fsp3) is 1.00. The van der Waals surface area contributed by atoms with Gasteiger partial charge in [-0.1, -0.05) is 20.8 Å². The minimum absolute atomic E-state index is 0.0266. The maximum Gasteiger partial charge on any atom is 0.281 e. The zero-order valence-corrected chi connectivity index (χ0v) is 12.5. The second-order valence-electron chi connectivity index (χ2n) is 5.34. The molecule has 6 heteroatoms. The molecule has 0 amide bonds. The minimum atomic E-state index is -3.36. The van der Waals surface area contributed by atoms with E-state index >= 15 is 0 Å². The molecule has 1 fully saturated rings. The Labute approximate surface area is 111 Å². The minimum Gasteiger partial charge on any atom is -0.396 e. The standard InChI is InChI=1S/C12H26N2O3S/c1-4-13(6-5-7-15)18(16,17)14-9-11(2)8-12(3)10-14/h11-12,15H,4-10H2,1-3H3. The smallest absolute Gasteiger partial charge is 0.281 e. The molecular weight excluding hydrogens is 252 g/mol. The van der Waals surface area contributed by atoms with Crippen molar-refractivity contribution in [3.63, 3.8) is 0 Å². The Balaban J connectivity index is 2.76. The first-order chi connectivity index (χ1) is 8.41. The predicted octanol–water partition coefficient (Wildman–Crippen LogP) is 0.913. The highest BCUT2D eigenvalue weighted by Gasteiger charge is 2.33. The summed E-state index contributed by atoms with van der Waals surface area (Å²) < 4.78 is 28.0. The molecule has 1 rings (SSSR count). The number of rotatable bonds is 6. The highest BCUT2D eigenvalue weighted by molar-refractivity contribution is 7.86. The average Bonchev–Trinajstić information content (AvgIpc) is 2.28. The maximum absolute atomic E-state index is 12.5. The molecule has 108 valence electrons. The number of aliphatic hydroxyl groups is 1. The van der Waals surface area contributed by atoms with Crippen molar-refractivity contribution >= 4 is 10.2 Å². The van der Waals surface area contributed by atoms with E-state index in [1.165, 1.54) is 4.31 Å². The van der Waals surface area contributed by atoms with Crippen molar-refractivity contribution in [1.82, 2.24) is 8.61 Å². The third-order valence-corrected chi connectivity index (χ3v) is 5.45. The normalized spacial score (nSPS) is 26.7. The second kappa shape index (κ2) is 6.84. The molecule has 1 aliphatic rings. The molecule has 0 aromatic heterocycles. The lowest BCUT2D eigenvalue weighted by Crippen LogP contribution is -2.49. The number of hydrogen-bond acceptors (Lipinski definition) is 3. The van der Waals surface area contributed by atoms with Crippen LogP contribution in [0.5, 0.6) is 0 Å². The Hall–Kier alpha value is -0.170. The van der Waals surface area contributed by atoms with Gasteiger partial charge in [0, 0.05) is 32.8 Å². The Morgan fingerprint density at radius 2 is 1.83 bits per heavy atom. The quantitative estimate of drug-likeness (QED) is 0.786. The van der Waals surface area contributed by atoms with E-state index in [1.807, 2.05) is 6.92 Å². The van der Waals surface area contributed by atoms with Crippen LogP contribution in [0, 0.1) is 11.8 Å². The molecule has 0 aliphatic carbocycles. The van der Waals surface area contributed by atoms with E-state index in [-0.39, 0.29) is 6.61 Å². The molecule has 1 aliphatic heterocycles. The van der Waals surface area contributed by atoms with Crippen LogP contribution in [0.4, 0.5) is 0 Å². The van der Waals surface area contributed by atoms with Crippen molar-refractivity contribution in [1.29, 1.82) is 0 Å². The van der Waals surface area contributed by atoms with Gasteiger partial charge in [-0.2, -0.15) is 17.0 Å². The van der Waals surface area contributed by atoms with Gasteiger partial charge in [-0.3, -0.25) is 0 Å². The van der Waals surface area contributed by atoms with Gasteiger partial charge in [-0.05, 0) is 24.7 Å². The first-order valence-corrected chi connectivity index (χ1v) is 8.17. The predicted molar refractivity (Wildman–Crippen MR) is 72.4 cm³/mol. The monoisotopic (exact) mass is 278 g/mol. The summed E-state index contributed by atoms with van der Waals surface area (Å²) in [6, 6.07) is 0. The van der Waals surface area contributed by atoms with Crippen LogP contribution in [0.1, 0.15) is 33.6 Å². The van der Waals surface area contributed by atoms with E-state index < -0.39 is 10.2 Å². The van der Waals surface area contributed by atoms with E-state index in [0.717, 1.165) is 6.42 Å². The molecule has 1 saturated heterocycles. The molecule has 2 unspecified atom stereocenters. The summed E-state index contributed by atoms with van der Waals surface area (Å²) in [5.74, 6) is 0.833. The van der Waals surface area contributed by atoms with Crippen LogP contribution in [-0.2, 0) is 10.2 Å². The Kier molecular flexibility index (Phi) is 6.04. The number of hydrogen-bond donors (Lipinski definition) is 1. The van der Waals surface area contributed by atoms with Crippen LogP contribution < -0.4 is 0 Å². The van der Waals surface area contributed by atoms with E-state index in [1.54, 1.807) is 4.31 Å². The molecule has 0 aromatic carbocycles. The lowest BCUT2D eigenvalue weighted by Gasteiger charge is -2.37. The summed E-state index contributed by atoms with van der Waals surface area (Å²) in [4.78, 5) is 0. The van der Waals surface area contributed by atoms with Gasteiger partial charge in [0.15, 0.2) is 0 Å². The summed E-state index contributed by atoms with van der Waals surface area (Å²) in [6.07, 6.45) is 1.58. The Morgan fingerprint density at radius 1 is 1.28 bits per heavy atom. The van der Waals surface area contributed by atoms with Crippen molar-refractivity contribution in [3.05, 3.63) is 0 Å². The first kappa shape index (κ1) is 15.9.